The summed E-state index contributed by atoms with van der Waals surface area (Å²) in [4.78, 5) is 37.9. The number of nitrogens with zero attached hydrogens (tertiary/aromatic N) is 2. The van der Waals surface area contributed by atoms with Crippen LogP contribution in [0.25, 0.3) is 0 Å². The van der Waals surface area contributed by atoms with E-state index < -0.39 is 18.5 Å². The molecule has 1 aromatic carbocycles. The Bertz CT molecular complexity index is 858. The van der Waals surface area contributed by atoms with Crippen LogP contribution in [0.2, 0.25) is 0 Å². The Labute approximate surface area is 171 Å². The molecule has 7 heteroatoms. The summed E-state index contributed by atoms with van der Waals surface area (Å²) in [7, 11) is 0. The van der Waals surface area contributed by atoms with Gasteiger partial charge in [-0.25, -0.2) is 4.79 Å². The molecule has 1 N–H and O–H groups in total. The Morgan fingerprint density at radius 3 is 2.41 bits per heavy atom. The Hall–Kier alpha value is -3.09. The minimum atomic E-state index is -0.542. The molecule has 0 unspecified atom stereocenters. The normalized spacial score (nSPS) is 10.5. The molecule has 29 heavy (non-hydrogen) atoms. The number of likely N-dealkylation sites (N-methyl/N-ethyl adjacent to an activating group) is 2. The van der Waals surface area contributed by atoms with E-state index in [4.69, 9.17) is 4.74 Å². The number of ether oxygens (including phenoxy) is 1. The van der Waals surface area contributed by atoms with Gasteiger partial charge in [-0.1, -0.05) is 30.3 Å². The van der Waals surface area contributed by atoms with Gasteiger partial charge in [-0.3, -0.25) is 9.59 Å². The van der Waals surface area contributed by atoms with Crippen LogP contribution in [0.3, 0.4) is 0 Å². The molecule has 2 rings (SSSR count). The second-order valence-electron chi connectivity index (χ2n) is 6.79. The van der Waals surface area contributed by atoms with Crippen LogP contribution in [0.4, 0.5) is 0 Å². The number of carbonyl (C=O) groups is 3. The number of amides is 2. The zero-order valence-corrected chi connectivity index (χ0v) is 17.5. The molecule has 0 saturated carbocycles. The second kappa shape index (κ2) is 10.5. The lowest BCUT2D eigenvalue weighted by Gasteiger charge is -2.20. The van der Waals surface area contributed by atoms with Gasteiger partial charge in [0.2, 0.25) is 5.91 Å². The summed E-state index contributed by atoms with van der Waals surface area (Å²) in [6.07, 6.45) is 0. The molecule has 0 aliphatic carbocycles. The number of rotatable bonds is 9. The molecule has 0 atom stereocenters. The fourth-order valence-electron chi connectivity index (χ4n) is 3.12. The maximum atomic E-state index is 12.5. The zero-order chi connectivity index (χ0) is 21.4. The van der Waals surface area contributed by atoms with E-state index in [1.165, 1.54) is 4.90 Å². The van der Waals surface area contributed by atoms with Gasteiger partial charge in [0.25, 0.3) is 5.91 Å². The van der Waals surface area contributed by atoms with Crippen molar-refractivity contribution < 1.29 is 19.1 Å². The van der Waals surface area contributed by atoms with Crippen LogP contribution in [-0.2, 0) is 20.9 Å². The average molecular weight is 399 g/mol. The van der Waals surface area contributed by atoms with Gasteiger partial charge in [-0.15, -0.1) is 0 Å². The molecule has 0 fully saturated rings. The highest BCUT2D eigenvalue weighted by Gasteiger charge is 2.21. The zero-order valence-electron chi connectivity index (χ0n) is 17.5. The summed E-state index contributed by atoms with van der Waals surface area (Å²) in [6.45, 7) is 8.45. The van der Waals surface area contributed by atoms with Crippen molar-refractivity contribution in [3.63, 3.8) is 0 Å². The quantitative estimate of drug-likeness (QED) is 0.656. The highest BCUT2D eigenvalue weighted by molar-refractivity contribution is 5.93. The molecule has 0 saturated heterocycles. The molecule has 2 amide bonds. The highest BCUT2D eigenvalue weighted by atomic mass is 16.5. The first kappa shape index (κ1) is 22.2. The molecular weight excluding hydrogens is 370 g/mol. The van der Waals surface area contributed by atoms with Crippen molar-refractivity contribution in [2.45, 2.75) is 34.2 Å². The minimum Gasteiger partial charge on any atom is -0.452 e. The molecule has 1 aromatic heterocycles. The molecule has 0 radical (unpaired) electrons. The number of aromatic nitrogens is 1. The molecule has 0 aliphatic heterocycles. The number of hydrogen-bond acceptors (Lipinski definition) is 4. The fraction of sp³-hybridized carbons (Fsp3) is 0.409. The van der Waals surface area contributed by atoms with Gasteiger partial charge in [0.15, 0.2) is 6.61 Å². The largest absolute Gasteiger partial charge is 0.452 e. The predicted octanol–water partition coefficient (Wildman–Crippen LogP) is 2.29. The monoisotopic (exact) mass is 399 g/mol. The van der Waals surface area contributed by atoms with Crippen LogP contribution in [0.5, 0.6) is 0 Å². The van der Waals surface area contributed by atoms with E-state index in [0.29, 0.717) is 25.2 Å². The summed E-state index contributed by atoms with van der Waals surface area (Å²) < 4.78 is 7.28. The summed E-state index contributed by atoms with van der Waals surface area (Å²) in [6, 6.07) is 11.8. The topological polar surface area (TPSA) is 80.6 Å². The van der Waals surface area contributed by atoms with Gasteiger partial charge in [0.1, 0.15) is 0 Å². The van der Waals surface area contributed by atoms with Crippen LogP contribution < -0.4 is 5.32 Å². The van der Waals surface area contributed by atoms with Crippen LogP contribution in [0.1, 0.15) is 41.2 Å². The van der Waals surface area contributed by atoms with E-state index in [0.717, 1.165) is 17.0 Å². The van der Waals surface area contributed by atoms with Crippen molar-refractivity contribution in [3.8, 4) is 0 Å². The van der Waals surface area contributed by atoms with Crippen LogP contribution >= 0.6 is 0 Å². The third-order valence-electron chi connectivity index (χ3n) is 4.75. The van der Waals surface area contributed by atoms with Crippen molar-refractivity contribution >= 4 is 17.8 Å². The number of hydrogen-bond donors (Lipinski definition) is 1. The predicted molar refractivity (Wildman–Crippen MR) is 111 cm³/mol. The smallest absolute Gasteiger partial charge is 0.340 e. The van der Waals surface area contributed by atoms with Gasteiger partial charge < -0.3 is 19.5 Å². The highest BCUT2D eigenvalue weighted by Crippen LogP contribution is 2.18. The van der Waals surface area contributed by atoms with Gasteiger partial charge in [-0.05, 0) is 39.3 Å². The molecule has 0 bridgehead atoms. The summed E-state index contributed by atoms with van der Waals surface area (Å²) in [5.74, 6) is -1.18. The molecule has 7 nitrogen and oxygen atoms in total. The van der Waals surface area contributed by atoms with Crippen LogP contribution in [0, 0.1) is 13.8 Å². The lowest BCUT2D eigenvalue weighted by atomic mass is 10.2. The Morgan fingerprint density at radius 2 is 1.79 bits per heavy atom. The van der Waals surface area contributed by atoms with Gasteiger partial charge in [-0.2, -0.15) is 0 Å². The van der Waals surface area contributed by atoms with E-state index in [2.05, 4.69) is 5.32 Å². The third-order valence-corrected chi connectivity index (χ3v) is 4.75. The molecule has 0 aliphatic rings. The van der Waals surface area contributed by atoms with Crippen molar-refractivity contribution in [1.29, 1.82) is 0 Å². The van der Waals surface area contributed by atoms with Gasteiger partial charge in [0, 0.05) is 31.0 Å². The molecule has 0 spiro atoms. The van der Waals surface area contributed by atoms with E-state index in [9.17, 15) is 14.4 Å². The Balaban J connectivity index is 2.01. The average Bonchev–Trinajstić information content (AvgIpc) is 2.99. The Morgan fingerprint density at radius 1 is 1.10 bits per heavy atom. The van der Waals surface area contributed by atoms with Gasteiger partial charge >= 0.3 is 5.97 Å². The van der Waals surface area contributed by atoms with E-state index >= 15 is 0 Å². The van der Waals surface area contributed by atoms with Crippen LogP contribution in [0.15, 0.2) is 36.4 Å². The van der Waals surface area contributed by atoms with Crippen molar-refractivity contribution in [2.75, 3.05) is 26.2 Å². The maximum absolute atomic E-state index is 12.5. The first-order valence-electron chi connectivity index (χ1n) is 9.79. The maximum Gasteiger partial charge on any atom is 0.340 e. The lowest BCUT2D eigenvalue weighted by Crippen LogP contribution is -2.42. The molecule has 156 valence electrons. The number of benzene rings is 1. The van der Waals surface area contributed by atoms with Crippen molar-refractivity contribution in [3.05, 3.63) is 58.9 Å². The van der Waals surface area contributed by atoms with E-state index in [1.807, 2.05) is 55.7 Å². The van der Waals surface area contributed by atoms with Crippen molar-refractivity contribution in [2.24, 2.45) is 0 Å². The SMILES string of the molecule is CCNC(=O)CN(CC)C(=O)COC(=O)c1cc(C)n(Cc2ccccc2)c1C. The third kappa shape index (κ3) is 5.94. The minimum absolute atomic E-state index is 0.0493. The summed E-state index contributed by atoms with van der Waals surface area (Å²) in [5, 5.41) is 2.65. The first-order valence-corrected chi connectivity index (χ1v) is 9.79. The molecule has 1 heterocycles. The number of aryl methyl sites for hydroxylation is 1. The lowest BCUT2D eigenvalue weighted by molar-refractivity contribution is -0.138. The summed E-state index contributed by atoms with van der Waals surface area (Å²) >= 11 is 0. The first-order chi connectivity index (χ1) is 13.9. The van der Waals surface area contributed by atoms with Crippen molar-refractivity contribution in [1.82, 2.24) is 14.8 Å². The fourth-order valence-corrected chi connectivity index (χ4v) is 3.12. The van der Waals surface area contributed by atoms with E-state index in [-0.39, 0.29) is 12.5 Å². The summed E-state index contributed by atoms with van der Waals surface area (Å²) in [5.41, 5.74) is 3.31. The number of esters is 1. The molecule has 2 aromatic rings. The van der Waals surface area contributed by atoms with E-state index in [1.54, 1.807) is 13.0 Å². The van der Waals surface area contributed by atoms with Crippen LogP contribution in [-0.4, -0.2) is 53.5 Å². The second-order valence-corrected chi connectivity index (χ2v) is 6.79. The Kier molecular flexibility index (Phi) is 8.00. The number of carbonyl (C=O) groups excluding carboxylic acids is 3. The standard InChI is InChI=1S/C22H29N3O4/c1-5-23-20(26)14-24(6-2)21(27)15-29-22(28)19-12-16(3)25(17(19)4)13-18-10-8-7-9-11-18/h7-12H,5-6,13-15H2,1-4H3,(H,23,26). The molecular formula is C22H29N3O4. The van der Waals surface area contributed by atoms with Gasteiger partial charge in [0.05, 0.1) is 12.1 Å². The number of nitrogens with one attached hydrogen (secondary N) is 1.